The Hall–Kier alpha value is -0.200. The lowest BCUT2D eigenvalue weighted by molar-refractivity contribution is 0.393. The highest BCUT2D eigenvalue weighted by Crippen LogP contribution is 2.26. The van der Waals surface area contributed by atoms with E-state index in [4.69, 9.17) is 5.26 Å². The van der Waals surface area contributed by atoms with Gasteiger partial charge in [-0.2, -0.15) is 17.0 Å². The first-order valence-electron chi connectivity index (χ1n) is 4.50. The lowest BCUT2D eigenvalue weighted by Gasteiger charge is -2.27. The van der Waals surface area contributed by atoms with Crippen LogP contribution in [-0.2, 0) is 0 Å². The van der Waals surface area contributed by atoms with Crippen LogP contribution < -0.4 is 5.32 Å². The van der Waals surface area contributed by atoms with Gasteiger partial charge in [0.1, 0.15) is 0 Å². The van der Waals surface area contributed by atoms with Crippen molar-refractivity contribution in [1.29, 1.82) is 5.26 Å². The normalized spacial score (nSPS) is 29.7. The van der Waals surface area contributed by atoms with Crippen LogP contribution in [0.4, 0.5) is 0 Å². The summed E-state index contributed by atoms with van der Waals surface area (Å²) in [5.41, 5.74) is 0. The molecule has 0 radical (unpaired) electrons. The van der Waals surface area contributed by atoms with Crippen LogP contribution in [0.1, 0.15) is 25.7 Å². The minimum Gasteiger partial charge on any atom is -0.302 e. The van der Waals surface area contributed by atoms with Gasteiger partial charge >= 0.3 is 0 Å². The Morgan fingerprint density at radius 3 is 2.58 bits per heavy atom. The van der Waals surface area contributed by atoms with Crippen molar-refractivity contribution in [2.24, 2.45) is 0 Å². The summed E-state index contributed by atoms with van der Waals surface area (Å²) in [5, 5.41) is 12.5. The Labute approximate surface area is 78.7 Å². The van der Waals surface area contributed by atoms with Gasteiger partial charge in [0.15, 0.2) is 0 Å². The van der Waals surface area contributed by atoms with Crippen LogP contribution in [0.5, 0.6) is 0 Å². The number of hydrogen-bond donors (Lipinski definition) is 1. The molecule has 0 atom stereocenters. The summed E-state index contributed by atoms with van der Waals surface area (Å²) in [6, 6.07) is 2.73. The summed E-state index contributed by atoms with van der Waals surface area (Å²) in [4.78, 5) is 0. The fraction of sp³-hybridized carbons (Fsp3) is 0.889. The van der Waals surface area contributed by atoms with Crippen LogP contribution >= 0.6 is 11.8 Å². The molecule has 68 valence electrons. The van der Waals surface area contributed by atoms with E-state index in [1.54, 1.807) is 0 Å². The Morgan fingerprint density at radius 1 is 1.42 bits per heavy atom. The van der Waals surface area contributed by atoms with Gasteiger partial charge in [0, 0.05) is 11.3 Å². The smallest absolute Gasteiger partial charge is 0.0843 e. The van der Waals surface area contributed by atoms with E-state index >= 15 is 0 Å². The molecule has 1 fully saturated rings. The fourth-order valence-electron chi connectivity index (χ4n) is 1.69. The van der Waals surface area contributed by atoms with Crippen molar-refractivity contribution in [2.75, 3.05) is 12.8 Å². The fourth-order valence-corrected chi connectivity index (χ4v) is 2.44. The molecule has 2 nitrogen and oxygen atoms in total. The highest BCUT2D eigenvalue weighted by atomic mass is 32.2. The molecule has 1 saturated carbocycles. The molecule has 1 aliphatic carbocycles. The van der Waals surface area contributed by atoms with Crippen LogP contribution in [0.3, 0.4) is 0 Å². The molecule has 1 rings (SSSR count). The Balaban J connectivity index is 2.14. The highest BCUT2D eigenvalue weighted by Gasteiger charge is 2.19. The van der Waals surface area contributed by atoms with Crippen molar-refractivity contribution in [3.8, 4) is 6.07 Å². The van der Waals surface area contributed by atoms with Crippen molar-refractivity contribution in [2.45, 2.75) is 37.0 Å². The summed E-state index contributed by atoms with van der Waals surface area (Å²) >= 11 is 1.98. The van der Waals surface area contributed by atoms with E-state index in [9.17, 15) is 0 Å². The van der Waals surface area contributed by atoms with Crippen LogP contribution in [-0.4, -0.2) is 24.1 Å². The predicted molar refractivity (Wildman–Crippen MR) is 53.2 cm³/mol. The quantitative estimate of drug-likeness (QED) is 0.679. The number of nitriles is 1. The third-order valence-corrected chi connectivity index (χ3v) is 3.62. The second-order valence-corrected chi connectivity index (χ2v) is 4.39. The second kappa shape index (κ2) is 5.45. The van der Waals surface area contributed by atoms with E-state index < -0.39 is 0 Å². The van der Waals surface area contributed by atoms with Crippen LogP contribution in [0.15, 0.2) is 0 Å². The predicted octanol–water partition coefficient (Wildman–Crippen LogP) is 1.77. The first kappa shape index (κ1) is 9.88. The number of rotatable bonds is 3. The van der Waals surface area contributed by atoms with E-state index in [-0.39, 0.29) is 0 Å². The van der Waals surface area contributed by atoms with E-state index in [1.165, 1.54) is 25.7 Å². The van der Waals surface area contributed by atoms with Gasteiger partial charge in [-0.3, -0.25) is 0 Å². The van der Waals surface area contributed by atoms with Crippen LogP contribution in [0, 0.1) is 11.3 Å². The van der Waals surface area contributed by atoms with E-state index in [0.29, 0.717) is 12.6 Å². The molecule has 3 heteroatoms. The molecule has 0 heterocycles. The number of hydrogen-bond acceptors (Lipinski definition) is 3. The molecule has 0 aromatic rings. The second-order valence-electron chi connectivity index (χ2n) is 3.25. The molecule has 0 aliphatic heterocycles. The summed E-state index contributed by atoms with van der Waals surface area (Å²) in [7, 11) is 0. The first-order chi connectivity index (χ1) is 5.86. The summed E-state index contributed by atoms with van der Waals surface area (Å²) in [6.07, 6.45) is 7.29. The molecular weight excluding hydrogens is 168 g/mol. The molecule has 1 aliphatic rings. The zero-order valence-corrected chi connectivity index (χ0v) is 8.36. The van der Waals surface area contributed by atoms with Gasteiger partial charge in [-0.1, -0.05) is 0 Å². The third-order valence-electron chi connectivity index (χ3n) is 2.48. The Kier molecular flexibility index (Phi) is 4.49. The molecule has 0 spiro atoms. The van der Waals surface area contributed by atoms with Crippen molar-refractivity contribution in [3.05, 3.63) is 0 Å². The number of nitrogens with one attached hydrogen (secondary N) is 1. The highest BCUT2D eigenvalue weighted by molar-refractivity contribution is 7.99. The van der Waals surface area contributed by atoms with Crippen LogP contribution in [0.25, 0.3) is 0 Å². The minimum atomic E-state index is 0.509. The van der Waals surface area contributed by atoms with E-state index in [0.717, 1.165) is 5.25 Å². The topological polar surface area (TPSA) is 35.8 Å². The third kappa shape index (κ3) is 3.04. The van der Waals surface area contributed by atoms with E-state index in [2.05, 4.69) is 17.6 Å². The van der Waals surface area contributed by atoms with Crippen molar-refractivity contribution in [1.82, 2.24) is 5.32 Å². The summed E-state index contributed by atoms with van der Waals surface area (Å²) < 4.78 is 0. The molecule has 0 unspecified atom stereocenters. The lowest BCUT2D eigenvalue weighted by Crippen LogP contribution is -2.33. The van der Waals surface area contributed by atoms with Crippen molar-refractivity contribution >= 4 is 11.8 Å². The lowest BCUT2D eigenvalue weighted by atomic mass is 9.95. The summed E-state index contributed by atoms with van der Waals surface area (Å²) in [5.74, 6) is 0. The van der Waals surface area contributed by atoms with Gasteiger partial charge < -0.3 is 5.32 Å². The molecule has 0 amide bonds. The van der Waals surface area contributed by atoms with Gasteiger partial charge in [0.25, 0.3) is 0 Å². The van der Waals surface area contributed by atoms with Gasteiger partial charge in [-0.15, -0.1) is 0 Å². The number of nitrogens with zero attached hydrogens (tertiary/aromatic N) is 1. The Bertz CT molecular complexity index is 156. The summed E-state index contributed by atoms with van der Waals surface area (Å²) in [6.45, 7) is 0.509. The zero-order chi connectivity index (χ0) is 8.81. The van der Waals surface area contributed by atoms with Gasteiger partial charge in [-0.05, 0) is 31.9 Å². The van der Waals surface area contributed by atoms with Gasteiger partial charge in [-0.25, -0.2) is 0 Å². The van der Waals surface area contributed by atoms with Crippen molar-refractivity contribution < 1.29 is 0 Å². The molecular formula is C9H16N2S. The monoisotopic (exact) mass is 184 g/mol. The average molecular weight is 184 g/mol. The van der Waals surface area contributed by atoms with Crippen LogP contribution in [0.2, 0.25) is 0 Å². The zero-order valence-electron chi connectivity index (χ0n) is 7.55. The van der Waals surface area contributed by atoms with Crippen molar-refractivity contribution in [3.63, 3.8) is 0 Å². The van der Waals surface area contributed by atoms with Gasteiger partial charge in [0.05, 0.1) is 12.6 Å². The molecule has 0 aromatic heterocycles. The molecule has 0 bridgehead atoms. The maximum Gasteiger partial charge on any atom is 0.0843 e. The molecule has 0 saturated heterocycles. The largest absolute Gasteiger partial charge is 0.302 e. The SMILES string of the molecule is CSC1CCC(NCC#N)CC1. The molecule has 1 N–H and O–H groups in total. The maximum absolute atomic E-state index is 8.38. The molecule has 0 aromatic carbocycles. The first-order valence-corrected chi connectivity index (χ1v) is 5.78. The van der Waals surface area contributed by atoms with E-state index in [1.807, 2.05) is 11.8 Å². The van der Waals surface area contributed by atoms with Gasteiger partial charge in [0.2, 0.25) is 0 Å². The molecule has 12 heavy (non-hydrogen) atoms. The number of thioether (sulfide) groups is 1. The average Bonchev–Trinajstić information content (AvgIpc) is 2.15. The standard InChI is InChI=1S/C9H16N2S/c1-12-9-4-2-8(3-5-9)11-7-6-10/h8-9,11H,2-5,7H2,1H3. The minimum absolute atomic E-state index is 0.509. The maximum atomic E-state index is 8.38. The Morgan fingerprint density at radius 2 is 2.08 bits per heavy atom.